The first-order valence-corrected chi connectivity index (χ1v) is 3.55. The van der Waals surface area contributed by atoms with Gasteiger partial charge in [0.2, 0.25) is 6.04 Å². The standard InChI is InChI=1S/C8H10N2O2/c1-6(10-3)4-8(11)12-7(2)5-9/h6-7H,4H2,1-2H3. The number of carbonyl (C=O) groups excluding carboxylic acids is 1. The van der Waals surface area contributed by atoms with Gasteiger partial charge in [0.05, 0.1) is 0 Å². The van der Waals surface area contributed by atoms with Crippen LogP contribution in [0.15, 0.2) is 0 Å². The molecule has 0 saturated heterocycles. The van der Waals surface area contributed by atoms with Crippen LogP contribution < -0.4 is 0 Å². The van der Waals surface area contributed by atoms with Crippen molar-refractivity contribution in [3.63, 3.8) is 0 Å². The zero-order chi connectivity index (χ0) is 9.56. The fraction of sp³-hybridized carbons (Fsp3) is 0.625. The van der Waals surface area contributed by atoms with E-state index >= 15 is 0 Å². The predicted molar refractivity (Wildman–Crippen MR) is 41.8 cm³/mol. The van der Waals surface area contributed by atoms with Gasteiger partial charge in [0.25, 0.3) is 0 Å². The summed E-state index contributed by atoms with van der Waals surface area (Å²) in [5.74, 6) is -0.493. The van der Waals surface area contributed by atoms with Crippen molar-refractivity contribution in [1.29, 1.82) is 5.26 Å². The molecule has 12 heavy (non-hydrogen) atoms. The van der Waals surface area contributed by atoms with Gasteiger partial charge < -0.3 is 9.58 Å². The molecule has 0 bridgehead atoms. The zero-order valence-electron chi connectivity index (χ0n) is 7.07. The maximum Gasteiger partial charge on any atom is 0.314 e. The largest absolute Gasteiger partial charge is 0.447 e. The number of esters is 1. The molecule has 4 heteroatoms. The summed E-state index contributed by atoms with van der Waals surface area (Å²) in [5.41, 5.74) is 0. The lowest BCUT2D eigenvalue weighted by Crippen LogP contribution is -2.16. The van der Waals surface area contributed by atoms with Gasteiger partial charge in [-0.15, -0.1) is 0 Å². The van der Waals surface area contributed by atoms with Crippen molar-refractivity contribution < 1.29 is 9.53 Å². The van der Waals surface area contributed by atoms with Crippen molar-refractivity contribution >= 4 is 5.97 Å². The average molecular weight is 166 g/mol. The van der Waals surface area contributed by atoms with Gasteiger partial charge in [-0.05, 0) is 6.92 Å². The SMILES string of the molecule is [C-]#[N+]C(C)CC(=O)OC(C)C#N. The molecule has 0 N–H and O–H groups in total. The van der Waals surface area contributed by atoms with E-state index < -0.39 is 12.1 Å². The Labute approximate surface area is 71.6 Å². The van der Waals surface area contributed by atoms with Crippen molar-refractivity contribution in [2.75, 3.05) is 0 Å². The van der Waals surface area contributed by atoms with Crippen molar-refractivity contribution in [3.05, 3.63) is 11.4 Å². The lowest BCUT2D eigenvalue weighted by molar-refractivity contribution is -0.145. The second kappa shape index (κ2) is 5.15. The van der Waals surface area contributed by atoms with Crippen LogP contribution in [0.1, 0.15) is 20.3 Å². The molecule has 64 valence electrons. The molecule has 0 aliphatic heterocycles. The first kappa shape index (κ1) is 10.4. The highest BCUT2D eigenvalue weighted by atomic mass is 16.5. The third-order valence-electron chi connectivity index (χ3n) is 1.17. The second-order valence-corrected chi connectivity index (χ2v) is 2.44. The minimum absolute atomic E-state index is 0.0511. The van der Waals surface area contributed by atoms with E-state index in [4.69, 9.17) is 11.8 Å². The second-order valence-electron chi connectivity index (χ2n) is 2.44. The number of nitriles is 1. The monoisotopic (exact) mass is 166 g/mol. The van der Waals surface area contributed by atoms with Gasteiger partial charge in [-0.3, -0.25) is 4.79 Å². The first-order valence-electron chi connectivity index (χ1n) is 3.55. The van der Waals surface area contributed by atoms with Gasteiger partial charge in [0, 0.05) is 6.92 Å². The summed E-state index contributed by atoms with van der Waals surface area (Å²) in [6.45, 7) is 9.70. The molecule has 0 saturated carbocycles. The molecule has 0 aromatic carbocycles. The highest BCUT2D eigenvalue weighted by molar-refractivity contribution is 5.70. The maximum absolute atomic E-state index is 10.9. The van der Waals surface area contributed by atoms with E-state index in [1.165, 1.54) is 6.92 Å². The Balaban J connectivity index is 3.78. The van der Waals surface area contributed by atoms with E-state index in [9.17, 15) is 4.79 Å². The van der Waals surface area contributed by atoms with Gasteiger partial charge in [0.1, 0.15) is 12.5 Å². The van der Waals surface area contributed by atoms with Crippen LogP contribution >= 0.6 is 0 Å². The highest BCUT2D eigenvalue weighted by Gasteiger charge is 2.15. The quantitative estimate of drug-likeness (QED) is 0.466. The number of nitrogens with zero attached hydrogens (tertiary/aromatic N) is 2. The number of hydrogen-bond donors (Lipinski definition) is 0. The summed E-state index contributed by atoms with van der Waals surface area (Å²) in [7, 11) is 0. The Hall–Kier alpha value is -1.55. The molecule has 0 aliphatic rings. The Morgan fingerprint density at radius 2 is 2.33 bits per heavy atom. The van der Waals surface area contributed by atoms with Crippen LogP contribution in [0, 0.1) is 17.9 Å². The summed E-state index contributed by atoms with van der Waals surface area (Å²) < 4.78 is 4.63. The molecule has 0 aromatic heterocycles. The van der Waals surface area contributed by atoms with Gasteiger partial charge in [0.15, 0.2) is 6.10 Å². The molecule has 0 amide bonds. The number of hydrogen-bond acceptors (Lipinski definition) is 3. The van der Waals surface area contributed by atoms with Crippen LogP contribution in [0.3, 0.4) is 0 Å². The number of carbonyl (C=O) groups is 1. The van der Waals surface area contributed by atoms with E-state index in [-0.39, 0.29) is 12.5 Å². The molecule has 2 atom stereocenters. The van der Waals surface area contributed by atoms with Crippen molar-refractivity contribution in [2.45, 2.75) is 32.4 Å². The maximum atomic E-state index is 10.9. The Morgan fingerprint density at radius 1 is 1.75 bits per heavy atom. The lowest BCUT2D eigenvalue weighted by Gasteiger charge is -2.04. The van der Waals surface area contributed by atoms with Crippen molar-refractivity contribution in [2.24, 2.45) is 0 Å². The fourth-order valence-electron chi connectivity index (χ4n) is 0.558. The predicted octanol–water partition coefficient (Wildman–Crippen LogP) is 1.14. The Kier molecular flexibility index (Phi) is 4.48. The molecule has 2 unspecified atom stereocenters. The molecule has 0 fully saturated rings. The van der Waals surface area contributed by atoms with Crippen LogP contribution in [0.2, 0.25) is 0 Å². The molecule has 0 rings (SSSR count). The average Bonchev–Trinajstić information content (AvgIpc) is 2.03. The molecule has 0 aliphatic carbocycles. The van der Waals surface area contributed by atoms with Crippen molar-refractivity contribution in [1.82, 2.24) is 0 Å². The van der Waals surface area contributed by atoms with Crippen LogP contribution in [0.4, 0.5) is 0 Å². The minimum Gasteiger partial charge on any atom is -0.447 e. The van der Waals surface area contributed by atoms with Gasteiger partial charge in [-0.2, -0.15) is 5.26 Å². The fourth-order valence-corrected chi connectivity index (χ4v) is 0.558. The normalized spacial score (nSPS) is 13.7. The summed E-state index contributed by atoms with van der Waals surface area (Å²) in [4.78, 5) is 14.0. The highest BCUT2D eigenvalue weighted by Crippen LogP contribution is 2.00. The smallest absolute Gasteiger partial charge is 0.314 e. The summed E-state index contributed by atoms with van der Waals surface area (Å²) in [5, 5.41) is 8.29. The zero-order valence-corrected chi connectivity index (χ0v) is 7.07. The minimum atomic E-state index is -0.726. The Morgan fingerprint density at radius 3 is 2.75 bits per heavy atom. The summed E-state index contributed by atoms with van der Waals surface area (Å²) in [6.07, 6.45) is -0.675. The van der Waals surface area contributed by atoms with Gasteiger partial charge >= 0.3 is 5.97 Å². The van der Waals surface area contributed by atoms with Crippen molar-refractivity contribution in [3.8, 4) is 6.07 Å². The third-order valence-corrected chi connectivity index (χ3v) is 1.17. The number of rotatable bonds is 3. The van der Waals surface area contributed by atoms with E-state index in [1.807, 2.05) is 0 Å². The molecule has 4 nitrogen and oxygen atoms in total. The van der Waals surface area contributed by atoms with Gasteiger partial charge in [-0.1, -0.05) is 0 Å². The third kappa shape index (κ3) is 4.29. The summed E-state index contributed by atoms with van der Waals surface area (Å²) >= 11 is 0. The first-order chi connectivity index (χ1) is 5.60. The van der Waals surface area contributed by atoms with E-state index in [0.717, 1.165) is 0 Å². The molecule has 0 heterocycles. The van der Waals surface area contributed by atoms with Gasteiger partial charge in [-0.25, -0.2) is 6.57 Å². The van der Waals surface area contributed by atoms with E-state index in [2.05, 4.69) is 9.58 Å². The molecular weight excluding hydrogens is 156 g/mol. The van der Waals surface area contributed by atoms with E-state index in [1.54, 1.807) is 13.0 Å². The van der Waals surface area contributed by atoms with Crippen LogP contribution in [0.25, 0.3) is 4.85 Å². The van der Waals surface area contributed by atoms with Crippen LogP contribution in [-0.2, 0) is 9.53 Å². The summed E-state index contributed by atoms with van der Waals surface area (Å²) in [6, 6.07) is 1.39. The topological polar surface area (TPSA) is 54.5 Å². The molecular formula is C8H10N2O2. The molecule has 0 aromatic rings. The molecule has 0 spiro atoms. The van der Waals surface area contributed by atoms with E-state index in [0.29, 0.717) is 0 Å². The van der Waals surface area contributed by atoms with Crippen LogP contribution in [0.5, 0.6) is 0 Å². The van der Waals surface area contributed by atoms with Crippen LogP contribution in [-0.4, -0.2) is 18.1 Å². The number of ether oxygens (including phenoxy) is 1. The Bertz CT molecular complexity index is 212. The molecule has 0 radical (unpaired) electrons. The lowest BCUT2D eigenvalue weighted by atomic mass is 10.2.